The van der Waals surface area contributed by atoms with Crippen molar-refractivity contribution in [1.29, 1.82) is 0 Å². The fraction of sp³-hybridized carbons (Fsp3) is 0.526. The van der Waals surface area contributed by atoms with Gasteiger partial charge in [-0.15, -0.1) is 0 Å². The molecular weight excluding hydrogens is 355 g/mol. The number of halogens is 2. The monoisotopic (exact) mass is 380 g/mol. The Morgan fingerprint density at radius 1 is 1.19 bits per heavy atom. The summed E-state index contributed by atoms with van der Waals surface area (Å²) < 4.78 is 13.8. The Bertz CT molecular complexity index is 741. The second kappa shape index (κ2) is 9.24. The molecule has 0 spiro atoms. The Kier molecular flexibility index (Phi) is 7.29. The molecule has 2 aromatic rings. The lowest BCUT2D eigenvalue weighted by Gasteiger charge is -2.18. The molecule has 2 rings (SSSR count). The number of anilines is 1. The summed E-state index contributed by atoms with van der Waals surface area (Å²) in [7, 11) is 0. The van der Waals surface area contributed by atoms with E-state index in [2.05, 4.69) is 34.1 Å². The molecule has 7 heteroatoms. The highest BCUT2D eigenvalue weighted by Gasteiger charge is 2.15. The summed E-state index contributed by atoms with van der Waals surface area (Å²) in [5.41, 5.74) is 1.50. The fourth-order valence-corrected chi connectivity index (χ4v) is 2.96. The van der Waals surface area contributed by atoms with E-state index in [1.54, 1.807) is 19.1 Å². The van der Waals surface area contributed by atoms with E-state index in [1.165, 1.54) is 0 Å². The SMILES string of the molecule is Cc1ccc(C(C)Cc2nc(Cl)nc(NC(CO)CC(C)C)n2)cc1F. The number of nitrogens with one attached hydrogen (secondary N) is 1. The van der Waals surface area contributed by atoms with Crippen LogP contribution >= 0.6 is 11.6 Å². The Balaban J connectivity index is 2.14. The van der Waals surface area contributed by atoms with Gasteiger partial charge in [-0.3, -0.25) is 0 Å². The predicted octanol–water partition coefficient (Wildman–Crippen LogP) is 4.14. The molecule has 2 N–H and O–H groups in total. The zero-order valence-corrected chi connectivity index (χ0v) is 16.4. The third-order valence-corrected chi connectivity index (χ3v) is 4.39. The number of aliphatic hydroxyl groups is 1. The molecule has 26 heavy (non-hydrogen) atoms. The van der Waals surface area contributed by atoms with Crippen molar-refractivity contribution < 1.29 is 9.50 Å². The molecule has 1 aromatic heterocycles. The van der Waals surface area contributed by atoms with Crippen LogP contribution in [-0.2, 0) is 6.42 Å². The van der Waals surface area contributed by atoms with E-state index in [0.29, 0.717) is 29.7 Å². The standard InChI is InChI=1S/C19H26ClFN4O/c1-11(2)7-15(10-26)22-19-24-17(23-18(20)25-19)8-13(4)14-6-5-12(3)16(21)9-14/h5-6,9,11,13,15,26H,7-8,10H2,1-4H3,(H,22,23,24,25). The van der Waals surface area contributed by atoms with Crippen molar-refractivity contribution >= 4 is 17.5 Å². The minimum Gasteiger partial charge on any atom is -0.394 e. The van der Waals surface area contributed by atoms with Crippen LogP contribution in [0.1, 0.15) is 50.1 Å². The normalized spacial score (nSPS) is 13.7. The van der Waals surface area contributed by atoms with E-state index in [1.807, 2.05) is 13.0 Å². The van der Waals surface area contributed by atoms with E-state index in [9.17, 15) is 9.50 Å². The van der Waals surface area contributed by atoms with Gasteiger partial charge >= 0.3 is 0 Å². The summed E-state index contributed by atoms with van der Waals surface area (Å²) in [6.07, 6.45) is 1.29. The number of hydrogen-bond donors (Lipinski definition) is 2. The van der Waals surface area contributed by atoms with Crippen LogP contribution in [0.5, 0.6) is 0 Å². The van der Waals surface area contributed by atoms with Gasteiger partial charge in [-0.05, 0) is 54.0 Å². The van der Waals surface area contributed by atoms with Gasteiger partial charge in [-0.2, -0.15) is 9.97 Å². The van der Waals surface area contributed by atoms with E-state index in [0.717, 1.165) is 12.0 Å². The molecule has 142 valence electrons. The lowest BCUT2D eigenvalue weighted by molar-refractivity contribution is 0.259. The van der Waals surface area contributed by atoms with Crippen molar-refractivity contribution in [3.05, 3.63) is 46.3 Å². The second-order valence-electron chi connectivity index (χ2n) is 7.11. The molecule has 0 bridgehead atoms. The van der Waals surface area contributed by atoms with Crippen LogP contribution in [0.4, 0.5) is 10.3 Å². The first-order valence-electron chi connectivity index (χ1n) is 8.82. The molecule has 5 nitrogen and oxygen atoms in total. The molecule has 1 heterocycles. The molecule has 0 aliphatic rings. The summed E-state index contributed by atoms with van der Waals surface area (Å²) in [6.45, 7) is 7.87. The van der Waals surface area contributed by atoms with E-state index < -0.39 is 0 Å². The van der Waals surface area contributed by atoms with E-state index in [-0.39, 0.29) is 29.7 Å². The van der Waals surface area contributed by atoms with E-state index in [4.69, 9.17) is 11.6 Å². The van der Waals surface area contributed by atoms with Crippen molar-refractivity contribution in [1.82, 2.24) is 15.0 Å². The first kappa shape index (κ1) is 20.5. The highest BCUT2D eigenvalue weighted by atomic mass is 35.5. The van der Waals surface area contributed by atoms with Crippen LogP contribution < -0.4 is 5.32 Å². The minimum atomic E-state index is -0.218. The van der Waals surface area contributed by atoms with Gasteiger partial charge in [-0.25, -0.2) is 9.37 Å². The number of aromatic nitrogens is 3. The van der Waals surface area contributed by atoms with Gasteiger partial charge in [0.15, 0.2) is 0 Å². The number of aliphatic hydroxyl groups excluding tert-OH is 1. The summed E-state index contributed by atoms with van der Waals surface area (Å²) in [5.74, 6) is 1.11. The first-order valence-corrected chi connectivity index (χ1v) is 9.20. The number of rotatable bonds is 8. The van der Waals surface area contributed by atoms with Crippen molar-refractivity contribution in [2.24, 2.45) is 5.92 Å². The summed E-state index contributed by atoms with van der Waals surface area (Å²) in [5, 5.41) is 12.7. The summed E-state index contributed by atoms with van der Waals surface area (Å²) in [6, 6.07) is 5.08. The van der Waals surface area contributed by atoms with Crippen molar-refractivity contribution in [3.63, 3.8) is 0 Å². The molecule has 0 saturated heterocycles. The number of benzene rings is 1. The zero-order chi connectivity index (χ0) is 19.3. The zero-order valence-electron chi connectivity index (χ0n) is 15.6. The van der Waals surface area contributed by atoms with Crippen molar-refractivity contribution in [2.45, 2.75) is 52.5 Å². The minimum absolute atomic E-state index is 0.0180. The van der Waals surface area contributed by atoms with Crippen molar-refractivity contribution in [3.8, 4) is 0 Å². The van der Waals surface area contributed by atoms with Crippen molar-refractivity contribution in [2.75, 3.05) is 11.9 Å². The molecular formula is C19H26ClFN4O. The van der Waals surface area contributed by atoms with Gasteiger partial charge in [0.2, 0.25) is 11.2 Å². The lowest BCUT2D eigenvalue weighted by Crippen LogP contribution is -2.27. The maximum Gasteiger partial charge on any atom is 0.227 e. The largest absolute Gasteiger partial charge is 0.394 e. The Morgan fingerprint density at radius 2 is 1.92 bits per heavy atom. The molecule has 2 unspecified atom stereocenters. The topological polar surface area (TPSA) is 70.9 Å². The first-order chi connectivity index (χ1) is 12.3. The molecule has 0 fully saturated rings. The Morgan fingerprint density at radius 3 is 2.54 bits per heavy atom. The molecule has 0 saturated carbocycles. The molecule has 0 aliphatic heterocycles. The maximum absolute atomic E-state index is 13.8. The summed E-state index contributed by atoms with van der Waals surface area (Å²) >= 11 is 6.03. The predicted molar refractivity (Wildman–Crippen MR) is 102 cm³/mol. The maximum atomic E-state index is 13.8. The Hall–Kier alpha value is -1.79. The smallest absolute Gasteiger partial charge is 0.227 e. The van der Waals surface area contributed by atoms with Crippen LogP contribution in [0.3, 0.4) is 0 Å². The summed E-state index contributed by atoms with van der Waals surface area (Å²) in [4.78, 5) is 12.7. The van der Waals surface area contributed by atoms with Gasteiger partial charge < -0.3 is 10.4 Å². The number of aryl methyl sites for hydroxylation is 1. The molecule has 0 radical (unpaired) electrons. The van der Waals surface area contributed by atoms with Crippen LogP contribution in [0.15, 0.2) is 18.2 Å². The van der Waals surface area contributed by atoms with Gasteiger partial charge in [0.1, 0.15) is 11.6 Å². The van der Waals surface area contributed by atoms with E-state index >= 15 is 0 Å². The highest BCUT2D eigenvalue weighted by Crippen LogP contribution is 2.22. The lowest BCUT2D eigenvalue weighted by atomic mass is 9.96. The second-order valence-corrected chi connectivity index (χ2v) is 7.45. The molecule has 2 atom stereocenters. The quantitative estimate of drug-likeness (QED) is 0.720. The van der Waals surface area contributed by atoms with Gasteiger partial charge in [0, 0.05) is 6.42 Å². The van der Waals surface area contributed by atoms with Crippen LogP contribution in [0.2, 0.25) is 5.28 Å². The fourth-order valence-electron chi connectivity index (χ4n) is 2.79. The van der Waals surface area contributed by atoms with Gasteiger partial charge in [-0.1, -0.05) is 32.9 Å². The highest BCUT2D eigenvalue weighted by molar-refractivity contribution is 6.28. The number of nitrogens with zero attached hydrogens (tertiary/aromatic N) is 3. The average molecular weight is 381 g/mol. The molecule has 0 aliphatic carbocycles. The van der Waals surface area contributed by atoms with Crippen LogP contribution in [-0.4, -0.2) is 32.7 Å². The van der Waals surface area contributed by atoms with Gasteiger partial charge in [0.05, 0.1) is 12.6 Å². The number of hydrogen-bond acceptors (Lipinski definition) is 5. The molecule has 1 aromatic carbocycles. The third kappa shape index (κ3) is 5.88. The average Bonchev–Trinajstić information content (AvgIpc) is 2.55. The van der Waals surface area contributed by atoms with Crippen LogP contribution in [0.25, 0.3) is 0 Å². The Labute approximate surface area is 159 Å². The van der Waals surface area contributed by atoms with Crippen LogP contribution in [0, 0.1) is 18.7 Å². The molecule has 0 amide bonds. The third-order valence-electron chi connectivity index (χ3n) is 4.22. The van der Waals surface area contributed by atoms with Gasteiger partial charge in [0.25, 0.3) is 0 Å².